The monoisotopic (exact) mass is 258 g/mol. The maximum absolute atomic E-state index is 4.44. The Bertz CT molecular complexity index is 167. The Balaban J connectivity index is 1.73. The summed E-state index contributed by atoms with van der Waals surface area (Å²) in [6.07, 6.45) is 11.7. The maximum atomic E-state index is 4.44. The van der Waals surface area contributed by atoms with Gasteiger partial charge in [0.2, 0.25) is 0 Å². The van der Waals surface area contributed by atoms with Crippen LogP contribution in [0.3, 0.4) is 0 Å². The minimum atomic E-state index is 0.924. The van der Waals surface area contributed by atoms with Crippen LogP contribution < -0.4 is 0 Å². The molecule has 0 aromatic carbocycles. The van der Waals surface area contributed by atoms with E-state index in [-0.39, 0.29) is 0 Å². The highest BCUT2D eigenvalue weighted by atomic mass is 32.1. The van der Waals surface area contributed by atoms with E-state index in [4.69, 9.17) is 0 Å². The molecule has 0 nitrogen and oxygen atoms in total. The van der Waals surface area contributed by atoms with Gasteiger partial charge >= 0.3 is 0 Å². The Morgan fingerprint density at radius 1 is 0.562 bits per heavy atom. The van der Waals surface area contributed by atoms with Crippen LogP contribution in [0.25, 0.3) is 0 Å². The Morgan fingerprint density at radius 3 is 1.12 bits per heavy atom. The summed E-state index contributed by atoms with van der Waals surface area (Å²) in [4.78, 5) is 0. The van der Waals surface area contributed by atoms with Crippen molar-refractivity contribution in [1.29, 1.82) is 0 Å². The molecule has 0 atom stereocenters. The molecular formula is C14H26S2. The van der Waals surface area contributed by atoms with Gasteiger partial charge in [0.1, 0.15) is 0 Å². The van der Waals surface area contributed by atoms with Crippen molar-refractivity contribution in [3.8, 4) is 0 Å². The molecule has 0 aromatic heterocycles. The van der Waals surface area contributed by atoms with Gasteiger partial charge in [-0.2, -0.15) is 25.3 Å². The smallest absolute Gasteiger partial charge is 0.00695 e. The van der Waals surface area contributed by atoms with Gasteiger partial charge in [-0.15, -0.1) is 0 Å². The van der Waals surface area contributed by atoms with Crippen LogP contribution >= 0.6 is 25.3 Å². The second-order valence-electron chi connectivity index (χ2n) is 5.93. The highest BCUT2D eigenvalue weighted by Crippen LogP contribution is 2.41. The first-order valence-electron chi connectivity index (χ1n) is 7.05. The molecule has 94 valence electrons. The minimum absolute atomic E-state index is 0.924. The largest absolute Gasteiger partial charge is 0.179 e. The zero-order valence-corrected chi connectivity index (χ0v) is 12.1. The van der Waals surface area contributed by atoms with Gasteiger partial charge in [0.05, 0.1) is 0 Å². The fourth-order valence-corrected chi connectivity index (χ4v) is 4.41. The maximum Gasteiger partial charge on any atom is -0.00695 e. The summed E-state index contributed by atoms with van der Waals surface area (Å²) in [6.45, 7) is 0. The molecule has 2 saturated carbocycles. The lowest BCUT2D eigenvalue weighted by Crippen LogP contribution is -2.26. The van der Waals surface area contributed by atoms with E-state index >= 15 is 0 Å². The Hall–Kier alpha value is 0.700. The Labute approximate surface area is 112 Å². The van der Waals surface area contributed by atoms with Gasteiger partial charge in [0.15, 0.2) is 0 Å². The zero-order valence-electron chi connectivity index (χ0n) is 10.3. The topological polar surface area (TPSA) is 0 Å². The molecule has 0 amide bonds. The van der Waals surface area contributed by atoms with E-state index in [0.29, 0.717) is 0 Å². The van der Waals surface area contributed by atoms with Gasteiger partial charge in [-0.1, -0.05) is 0 Å². The van der Waals surface area contributed by atoms with Crippen LogP contribution in [0.2, 0.25) is 0 Å². The van der Waals surface area contributed by atoms with Crippen LogP contribution in [0.15, 0.2) is 0 Å². The molecule has 0 heterocycles. The minimum Gasteiger partial charge on any atom is -0.179 e. The molecule has 0 spiro atoms. The van der Waals surface area contributed by atoms with Gasteiger partial charge in [0.25, 0.3) is 0 Å². The molecule has 16 heavy (non-hydrogen) atoms. The van der Waals surface area contributed by atoms with E-state index in [2.05, 4.69) is 25.3 Å². The predicted molar refractivity (Wildman–Crippen MR) is 78.6 cm³/mol. The molecule has 0 N–H and O–H groups in total. The molecule has 0 unspecified atom stereocenters. The summed E-state index contributed by atoms with van der Waals surface area (Å²) in [5.41, 5.74) is 0. The van der Waals surface area contributed by atoms with Gasteiger partial charge in [-0.3, -0.25) is 0 Å². The third-order valence-corrected chi connectivity index (χ3v) is 6.00. The predicted octanol–water partition coefficient (Wildman–Crippen LogP) is 4.46. The molecule has 0 saturated heterocycles. The lowest BCUT2D eigenvalue weighted by Gasteiger charge is -2.37. The first-order chi connectivity index (χ1) is 7.83. The molecule has 0 radical (unpaired) electrons. The van der Waals surface area contributed by atoms with Crippen molar-refractivity contribution in [1.82, 2.24) is 0 Å². The van der Waals surface area contributed by atoms with E-state index in [9.17, 15) is 0 Å². The van der Waals surface area contributed by atoms with E-state index in [1.54, 1.807) is 0 Å². The van der Waals surface area contributed by atoms with Crippen LogP contribution in [-0.4, -0.2) is 11.5 Å². The summed E-state index contributed by atoms with van der Waals surface area (Å²) < 4.78 is 0. The number of hydrogen-bond acceptors (Lipinski definition) is 2. The summed E-state index contributed by atoms with van der Waals surface area (Å²) >= 11 is 8.87. The number of thiol groups is 2. The van der Waals surface area contributed by atoms with Crippen LogP contribution in [0.5, 0.6) is 0 Å². The lowest BCUT2D eigenvalue weighted by atomic mass is 9.70. The highest BCUT2D eigenvalue weighted by molar-refractivity contribution is 7.80. The molecule has 2 rings (SSSR count). The summed E-state index contributed by atoms with van der Waals surface area (Å²) in [7, 11) is 0. The molecule has 0 bridgehead atoms. The average molecular weight is 258 g/mol. The molecule has 2 heteroatoms. The molecule has 2 aliphatic carbocycles. The van der Waals surface area contributed by atoms with Crippen molar-refractivity contribution < 1.29 is 0 Å². The van der Waals surface area contributed by atoms with E-state index < -0.39 is 0 Å². The molecule has 2 fully saturated rings. The third kappa shape index (κ3) is 3.35. The lowest BCUT2D eigenvalue weighted by molar-refractivity contribution is 0.157. The van der Waals surface area contributed by atoms with Crippen molar-refractivity contribution in [3.63, 3.8) is 0 Å². The van der Waals surface area contributed by atoms with E-state index in [1.165, 1.54) is 51.4 Å². The number of rotatable bonds is 3. The quantitative estimate of drug-likeness (QED) is 0.686. The van der Waals surface area contributed by atoms with Crippen LogP contribution in [0.4, 0.5) is 0 Å². The zero-order chi connectivity index (χ0) is 11.4. The van der Waals surface area contributed by atoms with E-state index in [1.807, 2.05) is 0 Å². The summed E-state index contributed by atoms with van der Waals surface area (Å²) in [5.74, 6) is 6.17. The van der Waals surface area contributed by atoms with Crippen LogP contribution in [-0.2, 0) is 0 Å². The fraction of sp³-hybridized carbons (Fsp3) is 1.00. The molecular weight excluding hydrogens is 232 g/mol. The van der Waals surface area contributed by atoms with Crippen molar-refractivity contribution >= 4 is 25.3 Å². The molecule has 0 aliphatic heterocycles. The number of hydrogen-bond donors (Lipinski definition) is 2. The first-order valence-corrected chi connectivity index (χ1v) is 8.31. The summed E-state index contributed by atoms with van der Waals surface area (Å²) in [6, 6.07) is 0. The van der Waals surface area contributed by atoms with Crippen molar-refractivity contribution in [2.45, 2.75) is 51.4 Å². The fourth-order valence-electron chi connectivity index (χ4n) is 3.68. The normalized spacial score (nSPS) is 40.9. The molecule has 0 aromatic rings. The van der Waals surface area contributed by atoms with Crippen LogP contribution in [0.1, 0.15) is 51.4 Å². The first kappa shape index (κ1) is 13.1. The van der Waals surface area contributed by atoms with Gasteiger partial charge in [-0.25, -0.2) is 0 Å². The summed E-state index contributed by atoms with van der Waals surface area (Å²) in [5, 5.41) is 0. The SMILES string of the molecule is SCC1CCC(C2CCC(CS)CC2)CC1. The second-order valence-corrected chi connectivity index (χ2v) is 6.66. The van der Waals surface area contributed by atoms with Gasteiger partial charge in [0, 0.05) is 0 Å². The van der Waals surface area contributed by atoms with Crippen LogP contribution in [0, 0.1) is 23.7 Å². The van der Waals surface area contributed by atoms with Gasteiger partial charge < -0.3 is 0 Å². The second kappa shape index (κ2) is 6.58. The highest BCUT2D eigenvalue weighted by Gasteiger charge is 2.29. The average Bonchev–Trinajstić information content (AvgIpc) is 2.39. The Kier molecular flexibility index (Phi) is 5.41. The van der Waals surface area contributed by atoms with Crippen molar-refractivity contribution in [2.24, 2.45) is 23.7 Å². The molecule has 2 aliphatic rings. The third-order valence-electron chi connectivity index (χ3n) is 4.97. The van der Waals surface area contributed by atoms with Crippen molar-refractivity contribution in [3.05, 3.63) is 0 Å². The van der Waals surface area contributed by atoms with E-state index in [0.717, 1.165) is 35.2 Å². The Morgan fingerprint density at radius 2 is 0.875 bits per heavy atom. The standard InChI is InChI=1S/C14H26S2/c15-9-11-1-5-13(6-2-11)14-7-3-12(10-16)4-8-14/h11-16H,1-10H2. The van der Waals surface area contributed by atoms with Gasteiger partial charge in [-0.05, 0) is 86.5 Å². The van der Waals surface area contributed by atoms with Crippen molar-refractivity contribution in [2.75, 3.05) is 11.5 Å².